The van der Waals surface area contributed by atoms with Crippen LogP contribution in [-0.4, -0.2) is 27.3 Å². The summed E-state index contributed by atoms with van der Waals surface area (Å²) in [6.07, 6.45) is 1.77. The molecule has 2 aromatic rings. The van der Waals surface area contributed by atoms with E-state index in [0.29, 0.717) is 29.1 Å². The number of nitrogens with zero attached hydrogens (tertiary/aromatic N) is 4. The molecule has 2 N–H and O–H groups in total. The Morgan fingerprint density at radius 2 is 2.16 bits per heavy atom. The maximum absolute atomic E-state index is 6.29. The molecule has 134 valence electrons. The highest BCUT2D eigenvalue weighted by molar-refractivity contribution is 6.35. The average molecular weight is 381 g/mol. The lowest BCUT2D eigenvalue weighted by atomic mass is 10.1. The zero-order valence-electron chi connectivity index (χ0n) is 14.6. The molecule has 0 aliphatic rings. The van der Waals surface area contributed by atoms with Gasteiger partial charge in [0.1, 0.15) is 12.4 Å². The molecule has 1 heterocycles. The number of guanidine groups is 1. The molecule has 0 spiro atoms. The minimum Gasteiger partial charge on any atom is -0.353 e. The molecule has 0 saturated carbocycles. The Bertz CT molecular complexity index is 768. The minimum atomic E-state index is -0.0536. The van der Waals surface area contributed by atoms with Gasteiger partial charge in [-0.05, 0) is 31.5 Å². The Morgan fingerprint density at radius 3 is 2.76 bits per heavy atom. The Balaban J connectivity index is 2.14. The van der Waals surface area contributed by atoms with Gasteiger partial charge < -0.3 is 15.2 Å². The van der Waals surface area contributed by atoms with E-state index in [2.05, 4.69) is 32.4 Å². The van der Waals surface area contributed by atoms with Crippen LogP contribution in [0, 0.1) is 6.92 Å². The number of rotatable bonds is 6. The molecule has 0 amide bonds. The van der Waals surface area contributed by atoms with Crippen LogP contribution in [0.3, 0.4) is 0 Å². The van der Waals surface area contributed by atoms with Crippen LogP contribution >= 0.6 is 23.2 Å². The van der Waals surface area contributed by atoms with Crippen LogP contribution in [-0.2, 0) is 13.6 Å². The van der Waals surface area contributed by atoms with Gasteiger partial charge >= 0.3 is 0 Å². The second kappa shape index (κ2) is 8.87. The van der Waals surface area contributed by atoms with Crippen molar-refractivity contribution in [3.8, 4) is 0 Å². The second-order valence-corrected chi connectivity index (χ2v) is 6.43. The van der Waals surface area contributed by atoms with Crippen LogP contribution in [0.4, 0.5) is 0 Å². The molecule has 2 rings (SSSR count). The molecule has 0 aliphatic carbocycles. The standard InChI is InChI=1S/C17H22Cl2N6/c1-5-8-20-17(21-10-16-24-23-12(3)25(16)4)22-11(2)14-7-6-13(18)9-15(14)19/h5-7,9,11H,1,8,10H2,2-4H3,(H2,20,21,22). The molecule has 1 atom stereocenters. The molecule has 0 saturated heterocycles. The highest BCUT2D eigenvalue weighted by Crippen LogP contribution is 2.25. The van der Waals surface area contributed by atoms with Gasteiger partial charge in [-0.25, -0.2) is 4.99 Å². The molecule has 0 aliphatic heterocycles. The van der Waals surface area contributed by atoms with Gasteiger partial charge in [0.15, 0.2) is 11.8 Å². The molecule has 25 heavy (non-hydrogen) atoms. The largest absolute Gasteiger partial charge is 0.353 e. The van der Waals surface area contributed by atoms with Crippen molar-refractivity contribution in [2.45, 2.75) is 26.4 Å². The van der Waals surface area contributed by atoms with Gasteiger partial charge in [0.05, 0.1) is 6.04 Å². The molecule has 0 fully saturated rings. The van der Waals surface area contributed by atoms with Crippen molar-refractivity contribution >= 4 is 29.2 Å². The van der Waals surface area contributed by atoms with Gasteiger partial charge in [0.25, 0.3) is 0 Å². The van der Waals surface area contributed by atoms with Gasteiger partial charge in [-0.1, -0.05) is 35.3 Å². The topological polar surface area (TPSA) is 67.1 Å². The summed E-state index contributed by atoms with van der Waals surface area (Å²) in [4.78, 5) is 4.57. The number of aryl methyl sites for hydroxylation is 1. The smallest absolute Gasteiger partial charge is 0.192 e. The Morgan fingerprint density at radius 1 is 1.40 bits per heavy atom. The predicted molar refractivity (Wildman–Crippen MR) is 103 cm³/mol. The van der Waals surface area contributed by atoms with Gasteiger partial charge in [-0.15, -0.1) is 16.8 Å². The van der Waals surface area contributed by atoms with E-state index in [-0.39, 0.29) is 6.04 Å². The van der Waals surface area contributed by atoms with Crippen molar-refractivity contribution in [3.05, 3.63) is 58.1 Å². The van der Waals surface area contributed by atoms with Gasteiger partial charge in [-0.3, -0.25) is 0 Å². The summed E-state index contributed by atoms with van der Waals surface area (Å²) in [5, 5.41) is 15.9. The van der Waals surface area contributed by atoms with Gasteiger partial charge in [-0.2, -0.15) is 0 Å². The molecule has 1 unspecified atom stereocenters. The summed E-state index contributed by atoms with van der Waals surface area (Å²) in [6, 6.07) is 5.39. The van der Waals surface area contributed by atoms with Gasteiger partial charge in [0.2, 0.25) is 0 Å². The van der Waals surface area contributed by atoms with Crippen LogP contribution in [0.15, 0.2) is 35.8 Å². The number of halogens is 2. The number of benzene rings is 1. The highest BCUT2D eigenvalue weighted by Gasteiger charge is 2.12. The number of nitrogens with one attached hydrogen (secondary N) is 2. The van der Waals surface area contributed by atoms with Crippen molar-refractivity contribution in [2.24, 2.45) is 12.0 Å². The van der Waals surface area contributed by atoms with Crippen molar-refractivity contribution in [1.29, 1.82) is 0 Å². The van der Waals surface area contributed by atoms with Crippen LogP contribution in [0.1, 0.15) is 30.2 Å². The number of aliphatic imine (C=N–C) groups is 1. The number of hydrogen-bond donors (Lipinski definition) is 2. The summed E-state index contributed by atoms with van der Waals surface area (Å²) in [6.45, 7) is 8.63. The summed E-state index contributed by atoms with van der Waals surface area (Å²) in [5.74, 6) is 2.27. The second-order valence-electron chi connectivity index (χ2n) is 5.59. The first-order valence-electron chi connectivity index (χ1n) is 7.88. The monoisotopic (exact) mass is 380 g/mol. The van der Waals surface area contributed by atoms with Crippen LogP contribution in [0.2, 0.25) is 10.0 Å². The van der Waals surface area contributed by atoms with E-state index in [0.717, 1.165) is 17.2 Å². The van der Waals surface area contributed by atoms with E-state index in [4.69, 9.17) is 23.2 Å². The summed E-state index contributed by atoms with van der Waals surface area (Å²) in [7, 11) is 1.92. The van der Waals surface area contributed by atoms with E-state index >= 15 is 0 Å². The Hall–Kier alpha value is -2.05. The lowest BCUT2D eigenvalue weighted by Gasteiger charge is -2.19. The van der Waals surface area contributed by atoms with E-state index in [9.17, 15) is 0 Å². The van der Waals surface area contributed by atoms with E-state index < -0.39 is 0 Å². The third kappa shape index (κ3) is 5.21. The normalized spacial score (nSPS) is 12.8. The third-order valence-corrected chi connectivity index (χ3v) is 4.32. The third-order valence-electron chi connectivity index (χ3n) is 3.76. The fraction of sp³-hybridized carbons (Fsp3) is 0.353. The van der Waals surface area contributed by atoms with Crippen LogP contribution in [0.5, 0.6) is 0 Å². The lowest BCUT2D eigenvalue weighted by Crippen LogP contribution is -2.39. The minimum absolute atomic E-state index is 0.0536. The maximum Gasteiger partial charge on any atom is 0.192 e. The van der Waals surface area contributed by atoms with Crippen LogP contribution in [0.25, 0.3) is 0 Å². The molecule has 6 nitrogen and oxygen atoms in total. The van der Waals surface area contributed by atoms with E-state index in [1.165, 1.54) is 0 Å². The average Bonchev–Trinajstić information content (AvgIpc) is 2.89. The number of aromatic nitrogens is 3. The van der Waals surface area contributed by atoms with Crippen molar-refractivity contribution in [3.63, 3.8) is 0 Å². The predicted octanol–water partition coefficient (Wildman–Crippen LogP) is 3.41. The summed E-state index contributed by atoms with van der Waals surface area (Å²) in [5.41, 5.74) is 0.939. The molecule has 1 aromatic carbocycles. The zero-order chi connectivity index (χ0) is 18.4. The van der Waals surface area contributed by atoms with E-state index in [1.54, 1.807) is 12.1 Å². The number of hydrogen-bond acceptors (Lipinski definition) is 3. The Labute approximate surface area is 158 Å². The first-order valence-corrected chi connectivity index (χ1v) is 8.63. The fourth-order valence-corrected chi connectivity index (χ4v) is 2.77. The van der Waals surface area contributed by atoms with Crippen molar-refractivity contribution in [2.75, 3.05) is 6.54 Å². The Kier molecular flexibility index (Phi) is 6.84. The van der Waals surface area contributed by atoms with Crippen molar-refractivity contribution < 1.29 is 0 Å². The van der Waals surface area contributed by atoms with Crippen molar-refractivity contribution in [1.82, 2.24) is 25.4 Å². The SMILES string of the molecule is C=CCNC(=NCc1nnc(C)n1C)NC(C)c1ccc(Cl)cc1Cl. The first-order chi connectivity index (χ1) is 11.9. The summed E-state index contributed by atoms with van der Waals surface area (Å²) < 4.78 is 1.91. The summed E-state index contributed by atoms with van der Waals surface area (Å²) >= 11 is 12.2. The molecule has 8 heteroatoms. The first kappa shape index (κ1) is 19.3. The van der Waals surface area contributed by atoms with Crippen LogP contribution < -0.4 is 10.6 Å². The van der Waals surface area contributed by atoms with Gasteiger partial charge in [0, 0.05) is 23.6 Å². The maximum atomic E-state index is 6.29. The fourth-order valence-electron chi connectivity index (χ4n) is 2.20. The lowest BCUT2D eigenvalue weighted by molar-refractivity contribution is 0.685. The molecule has 1 aromatic heterocycles. The highest BCUT2D eigenvalue weighted by atomic mass is 35.5. The molecular weight excluding hydrogens is 359 g/mol. The molecular formula is C17H22Cl2N6. The zero-order valence-corrected chi connectivity index (χ0v) is 16.1. The van der Waals surface area contributed by atoms with E-state index in [1.807, 2.05) is 37.6 Å². The molecule has 0 bridgehead atoms. The quantitative estimate of drug-likeness (QED) is 0.457. The molecule has 0 radical (unpaired) electrons.